The fourth-order valence-electron chi connectivity index (χ4n) is 3.56. The Labute approximate surface area is 127 Å². The first-order chi connectivity index (χ1) is 10.3. The number of anilines is 1. The minimum absolute atomic E-state index is 0.697. The Kier molecular flexibility index (Phi) is 4.39. The van der Waals surface area contributed by atoms with Gasteiger partial charge in [0.1, 0.15) is 0 Å². The van der Waals surface area contributed by atoms with Gasteiger partial charge < -0.3 is 10.2 Å². The molecule has 1 aliphatic rings. The lowest BCUT2D eigenvalue weighted by Gasteiger charge is -2.31. The van der Waals surface area contributed by atoms with Crippen LogP contribution in [-0.4, -0.2) is 24.6 Å². The van der Waals surface area contributed by atoms with Crippen LogP contribution in [0.1, 0.15) is 38.3 Å². The third-order valence-electron chi connectivity index (χ3n) is 4.52. The van der Waals surface area contributed by atoms with Gasteiger partial charge in [-0.3, -0.25) is 4.98 Å². The van der Waals surface area contributed by atoms with Gasteiger partial charge in [-0.25, -0.2) is 0 Å². The van der Waals surface area contributed by atoms with Crippen molar-refractivity contribution in [1.82, 2.24) is 10.3 Å². The number of pyridine rings is 1. The molecule has 0 amide bonds. The van der Waals surface area contributed by atoms with E-state index in [1.807, 2.05) is 7.05 Å². The summed E-state index contributed by atoms with van der Waals surface area (Å²) in [5.41, 5.74) is 3.60. The van der Waals surface area contributed by atoms with Gasteiger partial charge in [0.2, 0.25) is 0 Å². The average Bonchev–Trinajstić information content (AvgIpc) is 3.02. The van der Waals surface area contributed by atoms with Crippen LogP contribution in [0.5, 0.6) is 0 Å². The highest BCUT2D eigenvalue weighted by Crippen LogP contribution is 2.33. The van der Waals surface area contributed by atoms with Crippen LogP contribution in [-0.2, 0) is 6.54 Å². The molecule has 1 heterocycles. The molecule has 21 heavy (non-hydrogen) atoms. The maximum absolute atomic E-state index is 4.78. The van der Waals surface area contributed by atoms with Crippen LogP contribution in [0.25, 0.3) is 10.9 Å². The topological polar surface area (TPSA) is 28.2 Å². The Bertz CT molecular complexity index is 602. The van der Waals surface area contributed by atoms with Crippen LogP contribution in [0.2, 0.25) is 0 Å². The minimum Gasteiger partial charge on any atom is -0.368 e. The summed E-state index contributed by atoms with van der Waals surface area (Å²) in [5.74, 6) is 0. The molecule has 3 heteroatoms. The van der Waals surface area contributed by atoms with Gasteiger partial charge in [-0.15, -0.1) is 0 Å². The molecule has 1 N–H and O–H groups in total. The summed E-state index contributed by atoms with van der Waals surface area (Å²) >= 11 is 0. The smallest absolute Gasteiger partial charge is 0.0726 e. The van der Waals surface area contributed by atoms with Crippen molar-refractivity contribution >= 4 is 16.6 Å². The molecule has 0 saturated heterocycles. The van der Waals surface area contributed by atoms with Crippen LogP contribution in [0.15, 0.2) is 30.3 Å². The van der Waals surface area contributed by atoms with E-state index in [4.69, 9.17) is 4.98 Å². The first-order valence-corrected chi connectivity index (χ1v) is 8.13. The molecular weight excluding hydrogens is 258 g/mol. The molecule has 0 aliphatic heterocycles. The molecule has 1 aromatic heterocycles. The second-order valence-electron chi connectivity index (χ2n) is 5.90. The Balaban J connectivity index is 2.09. The number of nitrogens with zero attached hydrogens (tertiary/aromatic N) is 2. The minimum atomic E-state index is 0.697. The Morgan fingerprint density at radius 3 is 2.71 bits per heavy atom. The van der Waals surface area contributed by atoms with E-state index in [1.165, 1.54) is 36.8 Å². The largest absolute Gasteiger partial charge is 0.368 e. The third-order valence-corrected chi connectivity index (χ3v) is 4.52. The Morgan fingerprint density at radius 2 is 2.00 bits per heavy atom. The van der Waals surface area contributed by atoms with Gasteiger partial charge in [-0.2, -0.15) is 0 Å². The van der Waals surface area contributed by atoms with Gasteiger partial charge >= 0.3 is 0 Å². The molecule has 1 saturated carbocycles. The molecule has 0 unspecified atom stereocenters. The molecule has 0 atom stereocenters. The normalized spacial score (nSPS) is 15.7. The summed E-state index contributed by atoms with van der Waals surface area (Å²) in [6, 6.07) is 11.5. The zero-order chi connectivity index (χ0) is 14.7. The Morgan fingerprint density at radius 1 is 1.24 bits per heavy atom. The maximum Gasteiger partial charge on any atom is 0.0726 e. The molecule has 3 rings (SSSR count). The van der Waals surface area contributed by atoms with Gasteiger partial charge in [0.15, 0.2) is 0 Å². The molecule has 1 aromatic carbocycles. The van der Waals surface area contributed by atoms with Crippen molar-refractivity contribution in [2.75, 3.05) is 18.5 Å². The molecule has 0 spiro atoms. The highest BCUT2D eigenvalue weighted by atomic mass is 15.2. The van der Waals surface area contributed by atoms with Gasteiger partial charge in [0.25, 0.3) is 0 Å². The van der Waals surface area contributed by atoms with Crippen molar-refractivity contribution in [1.29, 1.82) is 0 Å². The van der Waals surface area contributed by atoms with Crippen molar-refractivity contribution in [3.8, 4) is 0 Å². The fraction of sp³-hybridized carbons (Fsp3) is 0.500. The van der Waals surface area contributed by atoms with Crippen LogP contribution < -0.4 is 10.2 Å². The van der Waals surface area contributed by atoms with E-state index in [1.54, 1.807) is 0 Å². The molecule has 2 aromatic rings. The molecular formula is C18H25N3. The van der Waals surface area contributed by atoms with Crippen molar-refractivity contribution < 1.29 is 0 Å². The second-order valence-corrected chi connectivity index (χ2v) is 5.90. The lowest BCUT2D eigenvalue weighted by atomic mass is 10.1. The first kappa shape index (κ1) is 14.3. The monoisotopic (exact) mass is 283 g/mol. The highest BCUT2D eigenvalue weighted by molar-refractivity contribution is 5.92. The lowest BCUT2D eigenvalue weighted by Crippen LogP contribution is -2.33. The first-order valence-electron chi connectivity index (χ1n) is 8.13. The predicted octanol–water partition coefficient (Wildman–Crippen LogP) is 3.72. The van der Waals surface area contributed by atoms with Crippen LogP contribution in [0.3, 0.4) is 0 Å². The second kappa shape index (κ2) is 6.44. The molecule has 1 aliphatic carbocycles. The number of rotatable bonds is 5. The number of benzene rings is 1. The molecule has 3 nitrogen and oxygen atoms in total. The zero-order valence-corrected chi connectivity index (χ0v) is 13.1. The summed E-state index contributed by atoms with van der Waals surface area (Å²) in [5, 5.41) is 4.50. The number of aromatic nitrogens is 1. The summed E-state index contributed by atoms with van der Waals surface area (Å²) in [7, 11) is 1.98. The SMILES string of the molecule is CCN(c1cc(CNC)nc2ccccc12)C1CCCC1. The quantitative estimate of drug-likeness (QED) is 0.906. The van der Waals surface area contributed by atoms with E-state index in [0.717, 1.165) is 24.3 Å². The van der Waals surface area contributed by atoms with E-state index in [-0.39, 0.29) is 0 Å². The molecule has 0 bridgehead atoms. The van der Waals surface area contributed by atoms with Crippen molar-refractivity contribution in [2.45, 2.75) is 45.2 Å². The lowest BCUT2D eigenvalue weighted by molar-refractivity contribution is 0.621. The van der Waals surface area contributed by atoms with Crippen molar-refractivity contribution in [3.63, 3.8) is 0 Å². The van der Waals surface area contributed by atoms with E-state index >= 15 is 0 Å². The summed E-state index contributed by atoms with van der Waals surface area (Å²) < 4.78 is 0. The summed E-state index contributed by atoms with van der Waals surface area (Å²) in [4.78, 5) is 7.37. The third kappa shape index (κ3) is 2.88. The fourth-order valence-corrected chi connectivity index (χ4v) is 3.56. The standard InChI is InChI=1S/C18H25N3/c1-3-21(15-8-4-5-9-15)18-12-14(13-19-2)20-17-11-7-6-10-16(17)18/h6-7,10-12,15,19H,3-5,8-9,13H2,1-2H3. The van der Waals surface area contributed by atoms with Gasteiger partial charge in [0.05, 0.1) is 11.2 Å². The van der Waals surface area contributed by atoms with Crippen LogP contribution in [0.4, 0.5) is 5.69 Å². The van der Waals surface area contributed by atoms with E-state index in [9.17, 15) is 0 Å². The van der Waals surface area contributed by atoms with Gasteiger partial charge in [-0.05, 0) is 38.9 Å². The van der Waals surface area contributed by atoms with Gasteiger partial charge in [-0.1, -0.05) is 31.0 Å². The molecule has 112 valence electrons. The van der Waals surface area contributed by atoms with E-state index < -0.39 is 0 Å². The summed E-state index contributed by atoms with van der Waals surface area (Å²) in [6.07, 6.45) is 5.39. The number of fused-ring (bicyclic) bond motifs is 1. The van der Waals surface area contributed by atoms with Crippen molar-refractivity contribution in [2.24, 2.45) is 0 Å². The van der Waals surface area contributed by atoms with E-state index in [2.05, 4.69) is 47.5 Å². The zero-order valence-electron chi connectivity index (χ0n) is 13.1. The van der Waals surface area contributed by atoms with Crippen LogP contribution >= 0.6 is 0 Å². The Hall–Kier alpha value is -1.61. The van der Waals surface area contributed by atoms with Crippen LogP contribution in [0, 0.1) is 0 Å². The van der Waals surface area contributed by atoms with Gasteiger partial charge in [0, 0.05) is 30.2 Å². The number of hydrogen-bond donors (Lipinski definition) is 1. The predicted molar refractivity (Wildman–Crippen MR) is 89.8 cm³/mol. The number of para-hydroxylation sites is 1. The van der Waals surface area contributed by atoms with E-state index in [0.29, 0.717) is 6.04 Å². The number of nitrogens with one attached hydrogen (secondary N) is 1. The summed E-state index contributed by atoms with van der Waals surface area (Å²) in [6.45, 7) is 4.16. The number of hydrogen-bond acceptors (Lipinski definition) is 3. The molecule has 1 fully saturated rings. The highest BCUT2D eigenvalue weighted by Gasteiger charge is 2.23. The average molecular weight is 283 g/mol. The molecule has 0 radical (unpaired) electrons. The van der Waals surface area contributed by atoms with Crippen molar-refractivity contribution in [3.05, 3.63) is 36.0 Å². The maximum atomic E-state index is 4.78.